The molecule has 3 saturated carbocycles. The van der Waals surface area contributed by atoms with Crippen molar-refractivity contribution in [3.8, 4) is 0 Å². The fraction of sp³-hybridized carbons (Fsp3) is 0.724. The van der Waals surface area contributed by atoms with E-state index in [-0.39, 0.29) is 0 Å². The van der Waals surface area contributed by atoms with E-state index in [1.165, 1.54) is 37.7 Å². The van der Waals surface area contributed by atoms with Gasteiger partial charge in [-0.2, -0.15) is 0 Å². The molecule has 3 nitrogen and oxygen atoms in total. The molecule has 6 atom stereocenters. The van der Waals surface area contributed by atoms with Crippen LogP contribution in [0.1, 0.15) is 91.9 Å². The number of fused-ring (bicyclic) bond motifs is 1. The van der Waals surface area contributed by atoms with E-state index in [4.69, 9.17) is 0 Å². The molecule has 3 aliphatic carbocycles. The van der Waals surface area contributed by atoms with Gasteiger partial charge in [-0.3, -0.25) is 0 Å². The second-order valence-electron chi connectivity index (χ2n) is 11.0. The van der Waals surface area contributed by atoms with Crippen LogP contribution in [-0.2, 0) is 0 Å². The topological polar surface area (TPSA) is 60.7 Å². The first-order valence-electron chi connectivity index (χ1n) is 13.0. The zero-order chi connectivity index (χ0) is 23.4. The summed E-state index contributed by atoms with van der Waals surface area (Å²) in [5, 5.41) is 30.4. The van der Waals surface area contributed by atoms with Gasteiger partial charge in [-0.05, 0) is 87.4 Å². The lowest BCUT2D eigenvalue weighted by molar-refractivity contribution is 0.0609. The van der Waals surface area contributed by atoms with Crippen molar-refractivity contribution in [3.63, 3.8) is 0 Å². The SMILES string of the molecule is CCC(O)(/C=C/C=C/[C@@H](C)[C@H]1CC[C@H]2/C(=C/C=C3C[C@@H](O)C[C@H](O)C3)CCC[C@]12C)CC. The van der Waals surface area contributed by atoms with Gasteiger partial charge in [0.1, 0.15) is 0 Å². The number of allylic oxidation sites excluding steroid dienone is 6. The number of aliphatic hydroxyl groups excluding tert-OH is 2. The van der Waals surface area contributed by atoms with Crippen molar-refractivity contribution < 1.29 is 15.3 Å². The van der Waals surface area contributed by atoms with Crippen molar-refractivity contribution in [3.05, 3.63) is 47.6 Å². The van der Waals surface area contributed by atoms with Crippen molar-refractivity contribution >= 4 is 0 Å². The number of hydrogen-bond acceptors (Lipinski definition) is 3. The number of hydrogen-bond donors (Lipinski definition) is 3. The number of aliphatic hydroxyl groups is 3. The van der Waals surface area contributed by atoms with Crippen molar-refractivity contribution in [2.45, 2.75) is 110 Å². The van der Waals surface area contributed by atoms with E-state index in [0.717, 1.165) is 12.8 Å². The van der Waals surface area contributed by atoms with E-state index >= 15 is 0 Å². The van der Waals surface area contributed by atoms with Crippen LogP contribution >= 0.6 is 0 Å². The lowest BCUT2D eigenvalue weighted by atomic mass is 9.61. The first-order chi connectivity index (χ1) is 15.2. The summed E-state index contributed by atoms with van der Waals surface area (Å²) in [7, 11) is 0. The van der Waals surface area contributed by atoms with E-state index < -0.39 is 17.8 Å². The van der Waals surface area contributed by atoms with Crippen LogP contribution < -0.4 is 0 Å². The normalized spacial score (nSPS) is 36.2. The lowest BCUT2D eigenvalue weighted by Crippen LogP contribution is -2.35. The zero-order valence-corrected chi connectivity index (χ0v) is 20.8. The molecule has 0 aromatic heterocycles. The van der Waals surface area contributed by atoms with Crippen LogP contribution in [0.25, 0.3) is 0 Å². The van der Waals surface area contributed by atoms with E-state index in [0.29, 0.717) is 42.4 Å². The summed E-state index contributed by atoms with van der Waals surface area (Å²) in [5.41, 5.74) is 2.43. The Morgan fingerprint density at radius 3 is 2.41 bits per heavy atom. The third-order valence-electron chi connectivity index (χ3n) is 8.90. The molecule has 3 heteroatoms. The van der Waals surface area contributed by atoms with Gasteiger partial charge in [0.25, 0.3) is 0 Å². The fourth-order valence-electron chi connectivity index (χ4n) is 6.77. The molecule has 0 heterocycles. The molecule has 3 N–H and O–H groups in total. The van der Waals surface area contributed by atoms with Gasteiger partial charge in [-0.1, -0.05) is 75.3 Å². The highest BCUT2D eigenvalue weighted by Crippen LogP contribution is 2.59. The molecule has 32 heavy (non-hydrogen) atoms. The highest BCUT2D eigenvalue weighted by Gasteiger charge is 2.50. The molecule has 0 amide bonds. The van der Waals surface area contributed by atoms with Crippen molar-refractivity contribution in [2.24, 2.45) is 23.2 Å². The molecule has 3 fully saturated rings. The predicted octanol–water partition coefficient (Wildman–Crippen LogP) is 6.26. The van der Waals surface area contributed by atoms with Crippen LogP contribution in [0.3, 0.4) is 0 Å². The maximum atomic E-state index is 10.4. The molecule has 0 bridgehead atoms. The van der Waals surface area contributed by atoms with E-state index in [1.807, 2.05) is 26.0 Å². The molecule has 180 valence electrons. The Bertz CT molecular complexity index is 730. The average molecular weight is 443 g/mol. The molecule has 0 aromatic carbocycles. The Balaban J connectivity index is 1.68. The van der Waals surface area contributed by atoms with Crippen LogP contribution in [0, 0.1) is 23.2 Å². The number of rotatable bonds is 7. The van der Waals surface area contributed by atoms with E-state index in [9.17, 15) is 15.3 Å². The molecule has 0 aromatic rings. The molecule has 0 radical (unpaired) electrons. The molecule has 3 aliphatic rings. The fourth-order valence-corrected chi connectivity index (χ4v) is 6.77. The van der Waals surface area contributed by atoms with Crippen molar-refractivity contribution in [2.75, 3.05) is 0 Å². The zero-order valence-electron chi connectivity index (χ0n) is 20.8. The molecule has 3 rings (SSSR count). The standard InChI is InChI=1S/C29H46O3/c1-5-29(32,6-2)17-8-7-10-21(3)26-14-15-27-23(11-9-16-28(26,27)4)13-12-22-18-24(30)20-25(31)19-22/h7-8,10,12-13,17,21,24-27,30-32H,5-6,9,11,14-16,18-20H2,1-4H3/b10-7+,17-8+,23-13+/t21-,24-,25-,26-,27+,28-/m1/s1. The van der Waals surface area contributed by atoms with Crippen LogP contribution in [-0.4, -0.2) is 33.1 Å². The molecule has 0 aliphatic heterocycles. The summed E-state index contributed by atoms with van der Waals surface area (Å²) >= 11 is 0. The van der Waals surface area contributed by atoms with Gasteiger partial charge in [0.2, 0.25) is 0 Å². The van der Waals surface area contributed by atoms with Gasteiger partial charge in [0, 0.05) is 0 Å². The smallest absolute Gasteiger partial charge is 0.0825 e. The summed E-state index contributed by atoms with van der Waals surface area (Å²) in [6.07, 6.45) is 21.9. The predicted molar refractivity (Wildman–Crippen MR) is 133 cm³/mol. The van der Waals surface area contributed by atoms with Crippen LogP contribution in [0.15, 0.2) is 47.6 Å². The van der Waals surface area contributed by atoms with Gasteiger partial charge in [0.05, 0.1) is 17.8 Å². The Morgan fingerprint density at radius 1 is 1.06 bits per heavy atom. The molecule has 0 unspecified atom stereocenters. The first-order valence-corrected chi connectivity index (χ1v) is 13.0. The Morgan fingerprint density at radius 2 is 1.75 bits per heavy atom. The van der Waals surface area contributed by atoms with E-state index in [1.54, 1.807) is 5.57 Å². The second-order valence-corrected chi connectivity index (χ2v) is 11.0. The molecule has 0 spiro atoms. The summed E-state index contributed by atoms with van der Waals surface area (Å²) in [6.45, 7) is 8.93. The third kappa shape index (κ3) is 5.85. The van der Waals surface area contributed by atoms with Gasteiger partial charge in [0.15, 0.2) is 0 Å². The van der Waals surface area contributed by atoms with Gasteiger partial charge < -0.3 is 15.3 Å². The van der Waals surface area contributed by atoms with Crippen LogP contribution in [0.5, 0.6) is 0 Å². The highest BCUT2D eigenvalue weighted by atomic mass is 16.3. The average Bonchev–Trinajstić information content (AvgIpc) is 3.12. The minimum atomic E-state index is -0.681. The Labute approximate surface area is 196 Å². The Kier molecular flexibility index (Phi) is 8.63. The molecular weight excluding hydrogens is 396 g/mol. The summed E-state index contributed by atoms with van der Waals surface area (Å²) < 4.78 is 0. The second kappa shape index (κ2) is 10.8. The monoisotopic (exact) mass is 442 g/mol. The Hall–Kier alpha value is -1.16. The maximum Gasteiger partial charge on any atom is 0.0825 e. The lowest BCUT2D eigenvalue weighted by Gasteiger charge is -2.44. The van der Waals surface area contributed by atoms with Crippen LogP contribution in [0.2, 0.25) is 0 Å². The molecule has 0 saturated heterocycles. The quantitative estimate of drug-likeness (QED) is 0.408. The summed E-state index contributed by atoms with van der Waals surface area (Å²) in [5.74, 6) is 1.85. The van der Waals surface area contributed by atoms with Crippen molar-refractivity contribution in [1.29, 1.82) is 0 Å². The molecular formula is C29H46O3. The van der Waals surface area contributed by atoms with Crippen molar-refractivity contribution in [1.82, 2.24) is 0 Å². The van der Waals surface area contributed by atoms with E-state index in [2.05, 4.69) is 38.2 Å². The largest absolute Gasteiger partial charge is 0.393 e. The minimum absolute atomic E-state index is 0.342. The van der Waals surface area contributed by atoms with Gasteiger partial charge in [-0.15, -0.1) is 0 Å². The maximum absolute atomic E-state index is 10.4. The summed E-state index contributed by atoms with van der Waals surface area (Å²) in [4.78, 5) is 0. The first kappa shape index (κ1) is 25.5. The summed E-state index contributed by atoms with van der Waals surface area (Å²) in [6, 6.07) is 0. The third-order valence-corrected chi connectivity index (χ3v) is 8.90. The van der Waals surface area contributed by atoms with Gasteiger partial charge in [-0.25, -0.2) is 0 Å². The van der Waals surface area contributed by atoms with Gasteiger partial charge >= 0.3 is 0 Å². The highest BCUT2D eigenvalue weighted by molar-refractivity contribution is 5.26. The van der Waals surface area contributed by atoms with Crippen LogP contribution in [0.4, 0.5) is 0 Å². The minimum Gasteiger partial charge on any atom is -0.393 e.